The summed E-state index contributed by atoms with van der Waals surface area (Å²) in [5.41, 5.74) is 0.976. The summed E-state index contributed by atoms with van der Waals surface area (Å²) in [5.74, 6) is 0.693. The van der Waals surface area contributed by atoms with Gasteiger partial charge in [-0.1, -0.05) is 23.9 Å². The Morgan fingerprint density at radius 3 is 3.05 bits per heavy atom. The molecule has 1 atom stereocenters. The molecule has 1 unspecified atom stereocenters. The predicted molar refractivity (Wildman–Crippen MR) is 82.1 cm³/mol. The van der Waals surface area contributed by atoms with Gasteiger partial charge in [-0.25, -0.2) is 4.98 Å². The molecule has 1 amide bonds. The maximum Gasteiger partial charge on any atom is 0.230 e. The van der Waals surface area contributed by atoms with E-state index in [9.17, 15) is 9.90 Å². The molecule has 1 heterocycles. The Balaban J connectivity index is 1.47. The Morgan fingerprint density at radius 1 is 1.50 bits per heavy atom. The molecular weight excluding hydrogens is 292 g/mol. The highest BCUT2D eigenvalue weighted by Crippen LogP contribution is 2.32. The minimum Gasteiger partial charge on any atom is -0.391 e. The van der Waals surface area contributed by atoms with Gasteiger partial charge in [0.1, 0.15) is 0 Å². The van der Waals surface area contributed by atoms with E-state index in [1.165, 1.54) is 11.8 Å². The van der Waals surface area contributed by atoms with E-state index in [4.69, 9.17) is 0 Å². The third-order valence-electron chi connectivity index (χ3n) is 3.28. The van der Waals surface area contributed by atoms with E-state index in [2.05, 4.69) is 10.3 Å². The number of fused-ring (bicyclic) bond motifs is 1. The van der Waals surface area contributed by atoms with Gasteiger partial charge in [0.05, 0.1) is 22.1 Å². The standard InChI is InChI=1S/C14H16N2O2S2/c17-11(9-5-6-9)7-15-13(18)8-19-14-16-10-3-1-2-4-12(10)20-14/h1-4,9,11,17H,5-8H2,(H,15,18). The summed E-state index contributed by atoms with van der Waals surface area (Å²) in [6.45, 7) is 0.365. The van der Waals surface area contributed by atoms with Crippen LogP contribution in [0.3, 0.4) is 0 Å². The van der Waals surface area contributed by atoms with Crippen molar-refractivity contribution in [3.05, 3.63) is 24.3 Å². The molecule has 1 aromatic heterocycles. The van der Waals surface area contributed by atoms with Crippen LogP contribution in [0.1, 0.15) is 12.8 Å². The summed E-state index contributed by atoms with van der Waals surface area (Å²) in [6.07, 6.45) is 1.78. The Hall–Kier alpha value is -1.11. The minimum absolute atomic E-state index is 0.0473. The number of para-hydroxylation sites is 1. The van der Waals surface area contributed by atoms with Gasteiger partial charge in [0.25, 0.3) is 0 Å². The fourth-order valence-corrected chi connectivity index (χ4v) is 3.86. The summed E-state index contributed by atoms with van der Waals surface area (Å²) in [7, 11) is 0. The summed E-state index contributed by atoms with van der Waals surface area (Å²) >= 11 is 3.04. The number of hydrogen-bond acceptors (Lipinski definition) is 5. The highest BCUT2D eigenvalue weighted by atomic mass is 32.2. The van der Waals surface area contributed by atoms with E-state index in [0.29, 0.717) is 18.2 Å². The van der Waals surface area contributed by atoms with Crippen molar-refractivity contribution in [2.45, 2.75) is 23.3 Å². The van der Waals surface area contributed by atoms with Crippen LogP contribution in [0.4, 0.5) is 0 Å². The number of benzene rings is 1. The molecule has 2 N–H and O–H groups in total. The first-order valence-electron chi connectivity index (χ1n) is 6.65. The lowest BCUT2D eigenvalue weighted by Gasteiger charge is -2.09. The number of carbonyl (C=O) groups excluding carboxylic acids is 1. The van der Waals surface area contributed by atoms with E-state index >= 15 is 0 Å². The van der Waals surface area contributed by atoms with Crippen molar-refractivity contribution in [3.63, 3.8) is 0 Å². The van der Waals surface area contributed by atoms with Crippen LogP contribution in [-0.4, -0.2) is 34.4 Å². The van der Waals surface area contributed by atoms with Crippen molar-refractivity contribution in [2.24, 2.45) is 5.92 Å². The van der Waals surface area contributed by atoms with Crippen molar-refractivity contribution >= 4 is 39.2 Å². The van der Waals surface area contributed by atoms with Crippen LogP contribution in [0, 0.1) is 5.92 Å². The topological polar surface area (TPSA) is 62.2 Å². The van der Waals surface area contributed by atoms with Gasteiger partial charge in [0.2, 0.25) is 5.91 Å². The first-order valence-corrected chi connectivity index (χ1v) is 8.46. The molecule has 0 aliphatic heterocycles. The number of amides is 1. The van der Waals surface area contributed by atoms with E-state index in [1.807, 2.05) is 24.3 Å². The molecule has 20 heavy (non-hydrogen) atoms. The third-order valence-corrected chi connectivity index (χ3v) is 5.45. The molecule has 1 fully saturated rings. The number of aliphatic hydroxyl groups excluding tert-OH is 1. The lowest BCUT2D eigenvalue weighted by atomic mass is 10.2. The number of carbonyl (C=O) groups is 1. The zero-order chi connectivity index (χ0) is 13.9. The molecule has 106 valence electrons. The molecule has 1 aliphatic carbocycles. The predicted octanol–water partition coefficient (Wildman–Crippen LogP) is 2.28. The number of nitrogens with zero attached hydrogens (tertiary/aromatic N) is 1. The highest BCUT2D eigenvalue weighted by molar-refractivity contribution is 8.01. The van der Waals surface area contributed by atoms with E-state index in [-0.39, 0.29) is 12.0 Å². The molecule has 1 saturated carbocycles. The Labute approximate surface area is 125 Å². The van der Waals surface area contributed by atoms with Crippen LogP contribution >= 0.6 is 23.1 Å². The monoisotopic (exact) mass is 308 g/mol. The number of thioether (sulfide) groups is 1. The average Bonchev–Trinajstić information content (AvgIpc) is 3.22. The SMILES string of the molecule is O=C(CSc1nc2ccccc2s1)NCC(O)C1CC1. The van der Waals surface area contributed by atoms with Gasteiger partial charge in [-0.2, -0.15) is 0 Å². The Bertz CT molecular complexity index is 577. The molecule has 0 radical (unpaired) electrons. The van der Waals surface area contributed by atoms with Crippen LogP contribution in [0.5, 0.6) is 0 Å². The number of nitrogens with one attached hydrogen (secondary N) is 1. The van der Waals surface area contributed by atoms with Crippen LogP contribution in [0.2, 0.25) is 0 Å². The molecule has 0 spiro atoms. The second-order valence-electron chi connectivity index (χ2n) is 4.95. The zero-order valence-electron chi connectivity index (χ0n) is 10.9. The van der Waals surface area contributed by atoms with Crippen LogP contribution < -0.4 is 5.32 Å². The van der Waals surface area contributed by atoms with Gasteiger partial charge in [-0.05, 0) is 30.9 Å². The van der Waals surface area contributed by atoms with Crippen molar-refractivity contribution in [2.75, 3.05) is 12.3 Å². The quantitative estimate of drug-likeness (QED) is 0.804. The van der Waals surface area contributed by atoms with Gasteiger partial charge in [0, 0.05) is 6.54 Å². The van der Waals surface area contributed by atoms with E-state index < -0.39 is 0 Å². The highest BCUT2D eigenvalue weighted by Gasteiger charge is 2.29. The zero-order valence-corrected chi connectivity index (χ0v) is 12.5. The van der Waals surface area contributed by atoms with Gasteiger partial charge in [-0.3, -0.25) is 4.79 Å². The average molecular weight is 308 g/mol. The van der Waals surface area contributed by atoms with Crippen LogP contribution in [0.25, 0.3) is 10.2 Å². The first kappa shape index (κ1) is 13.9. The largest absolute Gasteiger partial charge is 0.391 e. The fraction of sp³-hybridized carbons (Fsp3) is 0.429. The first-order chi connectivity index (χ1) is 9.72. The second kappa shape index (κ2) is 6.11. The lowest BCUT2D eigenvalue weighted by molar-refractivity contribution is -0.119. The number of thiazole rings is 1. The summed E-state index contributed by atoms with van der Waals surface area (Å²) in [5, 5.41) is 12.5. The Morgan fingerprint density at radius 2 is 2.30 bits per heavy atom. The molecule has 1 aliphatic rings. The van der Waals surface area contributed by atoms with Crippen molar-refractivity contribution in [3.8, 4) is 0 Å². The minimum atomic E-state index is -0.383. The van der Waals surface area contributed by atoms with Crippen molar-refractivity contribution in [1.29, 1.82) is 0 Å². The number of aliphatic hydroxyl groups is 1. The number of hydrogen-bond donors (Lipinski definition) is 2. The molecular formula is C14H16N2O2S2. The smallest absolute Gasteiger partial charge is 0.230 e. The second-order valence-corrected chi connectivity index (χ2v) is 7.20. The van der Waals surface area contributed by atoms with E-state index in [1.54, 1.807) is 11.3 Å². The molecule has 0 saturated heterocycles. The van der Waals surface area contributed by atoms with Gasteiger partial charge < -0.3 is 10.4 Å². The molecule has 0 bridgehead atoms. The normalized spacial score (nSPS) is 16.2. The van der Waals surface area contributed by atoms with Crippen LogP contribution in [-0.2, 0) is 4.79 Å². The Kier molecular flexibility index (Phi) is 4.24. The van der Waals surface area contributed by atoms with Crippen molar-refractivity contribution < 1.29 is 9.90 Å². The summed E-state index contributed by atoms with van der Waals surface area (Å²) in [6, 6.07) is 7.95. The van der Waals surface area contributed by atoms with Gasteiger partial charge >= 0.3 is 0 Å². The number of aromatic nitrogens is 1. The van der Waals surface area contributed by atoms with Gasteiger partial charge in [0.15, 0.2) is 4.34 Å². The van der Waals surface area contributed by atoms with Crippen LogP contribution in [0.15, 0.2) is 28.6 Å². The molecule has 3 rings (SSSR count). The van der Waals surface area contributed by atoms with Gasteiger partial charge in [-0.15, -0.1) is 11.3 Å². The molecule has 6 heteroatoms. The third kappa shape index (κ3) is 3.50. The molecule has 2 aromatic rings. The summed E-state index contributed by atoms with van der Waals surface area (Å²) < 4.78 is 2.05. The van der Waals surface area contributed by atoms with E-state index in [0.717, 1.165) is 27.4 Å². The molecule has 4 nitrogen and oxygen atoms in total. The fourth-order valence-electron chi connectivity index (χ4n) is 1.96. The maximum atomic E-state index is 11.7. The molecule has 1 aromatic carbocycles. The maximum absolute atomic E-state index is 11.7. The lowest BCUT2D eigenvalue weighted by Crippen LogP contribution is -2.34. The number of rotatable bonds is 6. The summed E-state index contributed by atoms with van der Waals surface area (Å²) in [4.78, 5) is 16.2. The van der Waals surface area contributed by atoms with Crippen molar-refractivity contribution in [1.82, 2.24) is 10.3 Å².